The fraction of sp³-hybridized carbons (Fsp3) is 0. The number of aromatic nitrogens is 1. The predicted octanol–water partition coefficient (Wildman–Crippen LogP) is 3.83. The summed E-state index contributed by atoms with van der Waals surface area (Å²) in [6.45, 7) is 0. The zero-order valence-electron chi connectivity index (χ0n) is 11.0. The molecule has 0 radical (unpaired) electrons. The Morgan fingerprint density at radius 3 is 2.81 bits per heavy atom. The van der Waals surface area contributed by atoms with Crippen molar-refractivity contribution in [3.8, 4) is 0 Å². The van der Waals surface area contributed by atoms with Crippen molar-refractivity contribution in [1.82, 2.24) is 4.98 Å². The van der Waals surface area contributed by atoms with Gasteiger partial charge >= 0.3 is 0 Å². The Labute approximate surface area is 130 Å². The predicted molar refractivity (Wildman–Crippen MR) is 88.3 cm³/mol. The Morgan fingerprint density at radius 2 is 1.95 bits per heavy atom. The van der Waals surface area contributed by atoms with Crippen LogP contribution in [0.25, 0.3) is 10.8 Å². The lowest BCUT2D eigenvalue weighted by molar-refractivity contribution is 0.102. The van der Waals surface area contributed by atoms with Gasteiger partial charge in [-0.3, -0.25) is 9.78 Å². The number of hydrogen-bond donors (Lipinski definition) is 2. The van der Waals surface area contributed by atoms with Crippen LogP contribution in [0.3, 0.4) is 0 Å². The van der Waals surface area contributed by atoms with E-state index in [4.69, 9.17) is 5.73 Å². The molecule has 0 saturated heterocycles. The van der Waals surface area contributed by atoms with Crippen LogP contribution in [0, 0.1) is 0 Å². The molecular weight excluding hydrogens is 330 g/mol. The van der Waals surface area contributed by atoms with Gasteiger partial charge in [-0.05, 0) is 45.6 Å². The van der Waals surface area contributed by atoms with Gasteiger partial charge in [0.25, 0.3) is 5.91 Å². The van der Waals surface area contributed by atoms with Gasteiger partial charge in [0.15, 0.2) is 0 Å². The first-order valence-electron chi connectivity index (χ1n) is 6.35. The average molecular weight is 342 g/mol. The third kappa shape index (κ3) is 2.73. The van der Waals surface area contributed by atoms with Crippen LogP contribution in [-0.4, -0.2) is 10.9 Å². The molecule has 3 rings (SSSR count). The van der Waals surface area contributed by atoms with Crippen molar-refractivity contribution in [3.63, 3.8) is 0 Å². The van der Waals surface area contributed by atoms with E-state index < -0.39 is 0 Å². The summed E-state index contributed by atoms with van der Waals surface area (Å²) in [4.78, 5) is 16.7. The van der Waals surface area contributed by atoms with E-state index in [1.54, 1.807) is 24.4 Å². The first-order valence-corrected chi connectivity index (χ1v) is 7.14. The minimum atomic E-state index is -0.266. The monoisotopic (exact) mass is 341 g/mol. The number of halogens is 1. The molecule has 0 aliphatic rings. The van der Waals surface area contributed by atoms with Gasteiger partial charge in [-0.1, -0.05) is 24.3 Å². The highest BCUT2D eigenvalue weighted by atomic mass is 79.9. The van der Waals surface area contributed by atoms with Crippen LogP contribution in [0.2, 0.25) is 0 Å². The fourth-order valence-electron chi connectivity index (χ4n) is 2.12. The van der Waals surface area contributed by atoms with Crippen molar-refractivity contribution in [2.45, 2.75) is 0 Å². The van der Waals surface area contributed by atoms with Crippen LogP contribution < -0.4 is 11.1 Å². The number of amides is 1. The molecule has 1 heterocycles. The molecule has 1 aromatic heterocycles. The number of nitrogens with zero attached hydrogens (tertiary/aromatic N) is 1. The SMILES string of the molecule is Nc1ccc(Br)c(NC(=O)c2nccc3ccccc23)c1. The van der Waals surface area contributed by atoms with Crippen molar-refractivity contribution in [1.29, 1.82) is 0 Å². The first kappa shape index (κ1) is 13.6. The fourth-order valence-corrected chi connectivity index (χ4v) is 2.47. The van der Waals surface area contributed by atoms with Crippen molar-refractivity contribution in [2.75, 3.05) is 11.1 Å². The number of pyridine rings is 1. The molecule has 0 spiro atoms. The first-order chi connectivity index (χ1) is 10.1. The van der Waals surface area contributed by atoms with Crippen LogP contribution in [0.5, 0.6) is 0 Å². The second-order valence-electron chi connectivity index (χ2n) is 4.57. The molecule has 0 aliphatic carbocycles. The van der Waals surface area contributed by atoms with Gasteiger partial charge < -0.3 is 11.1 Å². The lowest BCUT2D eigenvalue weighted by Gasteiger charge is -2.09. The van der Waals surface area contributed by atoms with Crippen LogP contribution >= 0.6 is 15.9 Å². The molecule has 21 heavy (non-hydrogen) atoms. The number of nitrogen functional groups attached to an aromatic ring is 1. The van der Waals surface area contributed by atoms with Gasteiger partial charge in [0.1, 0.15) is 5.69 Å². The number of carbonyl (C=O) groups is 1. The highest BCUT2D eigenvalue weighted by molar-refractivity contribution is 9.10. The third-order valence-electron chi connectivity index (χ3n) is 3.13. The van der Waals surface area contributed by atoms with Crippen LogP contribution in [-0.2, 0) is 0 Å². The molecule has 5 heteroatoms. The summed E-state index contributed by atoms with van der Waals surface area (Å²) in [5, 5.41) is 4.62. The number of rotatable bonds is 2. The molecule has 0 atom stereocenters. The van der Waals surface area contributed by atoms with Gasteiger partial charge in [-0.2, -0.15) is 0 Å². The maximum atomic E-state index is 12.5. The van der Waals surface area contributed by atoms with Crippen molar-refractivity contribution in [3.05, 3.63) is 64.9 Å². The van der Waals surface area contributed by atoms with Crippen LogP contribution in [0.4, 0.5) is 11.4 Å². The maximum Gasteiger partial charge on any atom is 0.274 e. The summed E-state index contributed by atoms with van der Waals surface area (Å²) in [6.07, 6.45) is 1.63. The number of hydrogen-bond acceptors (Lipinski definition) is 3. The zero-order chi connectivity index (χ0) is 14.8. The summed E-state index contributed by atoms with van der Waals surface area (Å²) in [5.74, 6) is -0.266. The molecular formula is C16H12BrN3O. The smallest absolute Gasteiger partial charge is 0.274 e. The van der Waals surface area contributed by atoms with Gasteiger partial charge in [0.2, 0.25) is 0 Å². The van der Waals surface area contributed by atoms with E-state index in [-0.39, 0.29) is 5.91 Å². The molecule has 104 valence electrons. The van der Waals surface area contributed by atoms with Crippen LogP contribution in [0.1, 0.15) is 10.5 Å². The Morgan fingerprint density at radius 1 is 1.14 bits per heavy atom. The van der Waals surface area contributed by atoms with Gasteiger partial charge in [0.05, 0.1) is 5.69 Å². The topological polar surface area (TPSA) is 68.0 Å². The van der Waals surface area contributed by atoms with Crippen molar-refractivity contribution < 1.29 is 4.79 Å². The van der Waals surface area contributed by atoms with Gasteiger partial charge in [0, 0.05) is 21.7 Å². The van der Waals surface area contributed by atoms with E-state index in [2.05, 4.69) is 26.2 Å². The number of anilines is 2. The number of carbonyl (C=O) groups excluding carboxylic acids is 1. The molecule has 4 nitrogen and oxygen atoms in total. The van der Waals surface area contributed by atoms with Crippen LogP contribution in [0.15, 0.2) is 59.2 Å². The van der Waals surface area contributed by atoms with E-state index in [1.807, 2.05) is 30.3 Å². The van der Waals surface area contributed by atoms with E-state index in [1.165, 1.54) is 0 Å². The number of fused-ring (bicyclic) bond motifs is 1. The second-order valence-corrected chi connectivity index (χ2v) is 5.43. The molecule has 3 N–H and O–H groups in total. The lowest BCUT2D eigenvalue weighted by atomic mass is 10.1. The molecule has 1 amide bonds. The lowest BCUT2D eigenvalue weighted by Crippen LogP contribution is -2.14. The van der Waals surface area contributed by atoms with Crippen molar-refractivity contribution in [2.24, 2.45) is 0 Å². The van der Waals surface area contributed by atoms with Crippen molar-refractivity contribution >= 4 is 44.0 Å². The minimum absolute atomic E-state index is 0.266. The zero-order valence-corrected chi connectivity index (χ0v) is 12.6. The quantitative estimate of drug-likeness (QED) is 0.696. The standard InChI is InChI=1S/C16H12BrN3O/c17-13-6-5-11(18)9-14(13)20-16(21)15-12-4-2-1-3-10(12)7-8-19-15/h1-9H,18H2,(H,20,21). The summed E-state index contributed by atoms with van der Waals surface area (Å²) < 4.78 is 0.769. The molecule has 0 saturated carbocycles. The molecule has 0 fully saturated rings. The number of nitrogens with two attached hydrogens (primary N) is 1. The molecule has 3 aromatic rings. The molecule has 0 unspecified atom stereocenters. The Balaban J connectivity index is 1.99. The minimum Gasteiger partial charge on any atom is -0.399 e. The summed E-state index contributed by atoms with van der Waals surface area (Å²) in [5.41, 5.74) is 7.34. The summed E-state index contributed by atoms with van der Waals surface area (Å²) in [7, 11) is 0. The Hall–Kier alpha value is -2.40. The second kappa shape index (κ2) is 5.54. The van der Waals surface area contributed by atoms with Gasteiger partial charge in [-0.25, -0.2) is 0 Å². The number of benzene rings is 2. The summed E-state index contributed by atoms with van der Waals surface area (Å²) >= 11 is 3.39. The third-order valence-corrected chi connectivity index (χ3v) is 3.82. The maximum absolute atomic E-state index is 12.5. The molecule has 2 aromatic carbocycles. The van der Waals surface area contributed by atoms with E-state index >= 15 is 0 Å². The highest BCUT2D eigenvalue weighted by Crippen LogP contribution is 2.26. The van der Waals surface area contributed by atoms with E-state index in [0.717, 1.165) is 15.2 Å². The normalized spacial score (nSPS) is 10.5. The summed E-state index contributed by atoms with van der Waals surface area (Å²) in [6, 6.07) is 14.8. The Kier molecular flexibility index (Phi) is 3.58. The van der Waals surface area contributed by atoms with E-state index in [0.29, 0.717) is 17.1 Å². The Bertz CT molecular complexity index is 827. The molecule has 0 aliphatic heterocycles. The molecule has 0 bridgehead atoms. The number of nitrogens with one attached hydrogen (secondary N) is 1. The largest absolute Gasteiger partial charge is 0.399 e. The highest BCUT2D eigenvalue weighted by Gasteiger charge is 2.13. The van der Waals surface area contributed by atoms with Gasteiger partial charge in [-0.15, -0.1) is 0 Å². The van der Waals surface area contributed by atoms with E-state index in [9.17, 15) is 4.79 Å². The average Bonchev–Trinajstić information content (AvgIpc) is 2.50.